The van der Waals surface area contributed by atoms with Crippen molar-refractivity contribution in [3.05, 3.63) is 29.0 Å². The lowest BCUT2D eigenvalue weighted by Crippen LogP contribution is -2.68. The van der Waals surface area contributed by atoms with Crippen molar-refractivity contribution in [1.82, 2.24) is 9.84 Å². The maximum absolute atomic E-state index is 13.9. The van der Waals surface area contributed by atoms with Crippen molar-refractivity contribution in [2.24, 2.45) is 5.73 Å². The topological polar surface area (TPSA) is 92.5 Å². The highest BCUT2D eigenvalue weighted by Gasteiger charge is 2.72. The van der Waals surface area contributed by atoms with Gasteiger partial charge < -0.3 is 5.73 Å². The second-order valence-corrected chi connectivity index (χ2v) is 6.95. The Hall–Kier alpha value is -1.80. The first-order chi connectivity index (χ1) is 11.4. The van der Waals surface area contributed by atoms with Crippen molar-refractivity contribution in [3.63, 3.8) is 0 Å². The van der Waals surface area contributed by atoms with Gasteiger partial charge in [-0.3, -0.25) is 0 Å². The van der Waals surface area contributed by atoms with E-state index in [2.05, 4.69) is 5.73 Å². The first-order valence-electron chi connectivity index (χ1n) is 6.16. The molecule has 2 amide bonds. The van der Waals surface area contributed by atoms with Gasteiger partial charge in [-0.25, -0.2) is 22.0 Å². The summed E-state index contributed by atoms with van der Waals surface area (Å²) < 4.78 is 116. The maximum atomic E-state index is 13.9. The summed E-state index contributed by atoms with van der Waals surface area (Å²) in [5.74, 6) is -1.32. The Morgan fingerprint density at radius 1 is 1.19 bits per heavy atom. The molecule has 3 N–H and O–H groups in total. The molecule has 0 aromatic heterocycles. The molecule has 0 spiro atoms. The summed E-state index contributed by atoms with van der Waals surface area (Å²) in [4.78, 5) is 10.7. The quantitative estimate of drug-likeness (QED) is 0.426. The number of primary amides is 1. The molecule has 0 saturated heterocycles. The Balaban J connectivity index is 3.39. The molecule has 1 aromatic carbocycles. The average Bonchev–Trinajstić information content (AvgIpc) is 2.45. The summed E-state index contributed by atoms with van der Waals surface area (Å²) in [7, 11) is -5.27. The van der Waals surface area contributed by atoms with Crippen LogP contribution in [0.4, 0.5) is 35.5 Å². The van der Waals surface area contributed by atoms with Gasteiger partial charge in [-0.1, -0.05) is 11.6 Å². The number of benzene rings is 1. The SMILES string of the molecule is CC(F)(C(F)(F)F)C(F)(F)N(NS(=O)(=O)c1ccc(Cl)c(F)c1)C(N)=O. The van der Waals surface area contributed by atoms with Gasteiger partial charge in [0.15, 0.2) is 0 Å². The van der Waals surface area contributed by atoms with Gasteiger partial charge in [-0.2, -0.15) is 27.0 Å². The number of carbonyl (C=O) groups is 1. The molecular weight excluding hydrogens is 423 g/mol. The van der Waals surface area contributed by atoms with Gasteiger partial charge in [0.1, 0.15) is 5.82 Å². The number of rotatable bonds is 5. The van der Waals surface area contributed by atoms with Gasteiger partial charge >= 0.3 is 18.3 Å². The predicted molar refractivity (Wildman–Crippen MR) is 73.7 cm³/mol. The number of nitrogens with one attached hydrogen (secondary N) is 1. The molecule has 15 heteroatoms. The molecule has 0 saturated carbocycles. The number of hydrogen-bond acceptors (Lipinski definition) is 3. The van der Waals surface area contributed by atoms with Crippen LogP contribution in [-0.4, -0.2) is 37.3 Å². The van der Waals surface area contributed by atoms with E-state index in [1.807, 2.05) is 0 Å². The lowest BCUT2D eigenvalue weighted by molar-refractivity contribution is -0.329. The van der Waals surface area contributed by atoms with Crippen LogP contribution in [0.2, 0.25) is 5.02 Å². The molecule has 1 atom stereocenters. The molecule has 0 aliphatic heterocycles. The Kier molecular flexibility index (Phi) is 5.76. The number of nitrogens with two attached hydrogens (primary N) is 1. The number of carbonyl (C=O) groups excluding carboxylic acids is 1. The Morgan fingerprint density at radius 3 is 2.08 bits per heavy atom. The largest absolute Gasteiger partial charge is 0.430 e. The molecule has 0 radical (unpaired) electrons. The van der Waals surface area contributed by atoms with E-state index in [1.165, 1.54) is 0 Å². The minimum atomic E-state index is -6.21. The standard InChI is InChI=1S/C11H9ClF7N3O3S/c1-9(14,10(15,16)17)11(18,19)22(8(20)23)21-26(24,25)5-2-3-6(12)7(13)4-5/h2-4,21H,1H3,(H2,20,23). The highest BCUT2D eigenvalue weighted by Crippen LogP contribution is 2.46. The van der Waals surface area contributed by atoms with E-state index in [0.717, 1.165) is 0 Å². The van der Waals surface area contributed by atoms with Gasteiger partial charge in [-0.05, 0) is 25.1 Å². The van der Waals surface area contributed by atoms with E-state index in [4.69, 9.17) is 11.6 Å². The Morgan fingerprint density at radius 2 is 1.69 bits per heavy atom. The molecule has 0 aliphatic rings. The minimum absolute atomic E-state index is 0.223. The predicted octanol–water partition coefficient (Wildman–Crippen LogP) is 2.94. The first kappa shape index (κ1) is 22.2. The van der Waals surface area contributed by atoms with Gasteiger partial charge in [0.25, 0.3) is 15.7 Å². The van der Waals surface area contributed by atoms with E-state index in [9.17, 15) is 43.9 Å². The van der Waals surface area contributed by atoms with Crippen molar-refractivity contribution in [2.75, 3.05) is 0 Å². The van der Waals surface area contributed by atoms with E-state index < -0.39 is 61.6 Å². The van der Waals surface area contributed by atoms with Crippen molar-refractivity contribution in [3.8, 4) is 0 Å². The molecule has 0 bridgehead atoms. The number of hydrogen-bond donors (Lipinski definition) is 2. The summed E-state index contributed by atoms with van der Waals surface area (Å²) in [5, 5.41) is -2.11. The number of sulfonamides is 1. The highest BCUT2D eigenvalue weighted by molar-refractivity contribution is 7.89. The van der Waals surface area contributed by atoms with Crippen molar-refractivity contribution >= 4 is 27.7 Å². The molecular formula is C11H9ClF7N3O3S. The number of urea groups is 1. The third-order valence-electron chi connectivity index (χ3n) is 3.01. The van der Waals surface area contributed by atoms with Crippen LogP contribution >= 0.6 is 11.6 Å². The van der Waals surface area contributed by atoms with Crippen LogP contribution in [0.3, 0.4) is 0 Å². The Bertz CT molecular complexity index is 814. The van der Waals surface area contributed by atoms with Crippen LogP contribution in [-0.2, 0) is 10.0 Å². The minimum Gasteiger partial charge on any atom is -0.350 e. The molecule has 26 heavy (non-hydrogen) atoms. The fourth-order valence-electron chi connectivity index (χ4n) is 1.44. The van der Waals surface area contributed by atoms with Crippen LogP contribution in [0.25, 0.3) is 0 Å². The van der Waals surface area contributed by atoms with Gasteiger partial charge in [0.05, 0.1) is 9.92 Å². The normalized spacial score (nSPS) is 15.4. The summed E-state index contributed by atoms with van der Waals surface area (Å²) in [6, 6.07) is -6.76. The third-order valence-corrected chi connectivity index (χ3v) is 4.62. The molecule has 0 aliphatic carbocycles. The summed E-state index contributed by atoms with van der Waals surface area (Å²) in [5.41, 5.74) is -0.933. The lowest BCUT2D eigenvalue weighted by Gasteiger charge is -2.37. The summed E-state index contributed by atoms with van der Waals surface area (Å²) >= 11 is 5.30. The van der Waals surface area contributed by atoms with E-state index >= 15 is 0 Å². The second kappa shape index (κ2) is 6.74. The smallest absolute Gasteiger partial charge is 0.350 e. The maximum Gasteiger partial charge on any atom is 0.430 e. The van der Waals surface area contributed by atoms with E-state index in [0.29, 0.717) is 17.0 Å². The molecule has 6 nitrogen and oxygen atoms in total. The van der Waals surface area contributed by atoms with E-state index in [1.54, 1.807) is 0 Å². The molecule has 0 fully saturated rings. The lowest BCUT2D eigenvalue weighted by atomic mass is 10.1. The summed E-state index contributed by atoms with van der Waals surface area (Å²) in [6.45, 7) is -0.626. The van der Waals surface area contributed by atoms with Crippen LogP contribution in [0.1, 0.15) is 6.92 Å². The monoisotopic (exact) mass is 431 g/mol. The van der Waals surface area contributed by atoms with Crippen LogP contribution in [0.15, 0.2) is 23.1 Å². The third kappa shape index (κ3) is 3.96. The van der Waals surface area contributed by atoms with Gasteiger partial charge in [0, 0.05) is 0 Å². The molecule has 1 rings (SSSR count). The number of hydrazine groups is 1. The van der Waals surface area contributed by atoms with Crippen molar-refractivity contribution < 1.29 is 43.9 Å². The zero-order valence-corrected chi connectivity index (χ0v) is 14.0. The summed E-state index contributed by atoms with van der Waals surface area (Å²) in [6.07, 6.45) is -6.21. The zero-order chi connectivity index (χ0) is 20.7. The molecule has 148 valence electrons. The number of halogens is 8. The second-order valence-electron chi connectivity index (χ2n) is 4.89. The highest BCUT2D eigenvalue weighted by atomic mass is 35.5. The molecule has 0 heterocycles. The van der Waals surface area contributed by atoms with Crippen molar-refractivity contribution in [1.29, 1.82) is 0 Å². The fraction of sp³-hybridized carbons (Fsp3) is 0.364. The van der Waals surface area contributed by atoms with E-state index in [-0.39, 0.29) is 6.07 Å². The molecule has 1 aromatic rings. The number of amides is 2. The van der Waals surface area contributed by atoms with Crippen LogP contribution in [0.5, 0.6) is 0 Å². The Labute approximate surface area is 146 Å². The molecule has 1 unspecified atom stereocenters. The number of alkyl halides is 6. The van der Waals surface area contributed by atoms with Crippen LogP contribution in [0, 0.1) is 5.82 Å². The van der Waals surface area contributed by atoms with Gasteiger partial charge in [-0.15, -0.1) is 4.83 Å². The van der Waals surface area contributed by atoms with Gasteiger partial charge in [0.2, 0.25) is 0 Å². The first-order valence-corrected chi connectivity index (χ1v) is 8.02. The zero-order valence-electron chi connectivity index (χ0n) is 12.4. The van der Waals surface area contributed by atoms with Crippen LogP contribution < -0.4 is 10.6 Å². The number of nitrogens with zero attached hydrogens (tertiary/aromatic N) is 1. The van der Waals surface area contributed by atoms with Crippen molar-refractivity contribution in [2.45, 2.75) is 29.7 Å². The average molecular weight is 432 g/mol. The fourth-order valence-corrected chi connectivity index (χ4v) is 2.61.